The Morgan fingerprint density at radius 3 is 2.83 bits per heavy atom. The largest absolute Gasteiger partial charge is 0.347 e. The number of nitrogens with zero attached hydrogens (tertiary/aromatic N) is 4. The molecule has 126 valence electrons. The van der Waals surface area contributed by atoms with E-state index < -0.39 is 0 Å². The summed E-state index contributed by atoms with van der Waals surface area (Å²) < 4.78 is 0. The molecule has 2 aromatic heterocycles. The van der Waals surface area contributed by atoms with Crippen LogP contribution in [0.2, 0.25) is 0 Å². The highest BCUT2D eigenvalue weighted by molar-refractivity contribution is 5.92. The number of carbonyl (C=O) groups is 1. The van der Waals surface area contributed by atoms with Crippen molar-refractivity contribution in [2.24, 2.45) is 0 Å². The Bertz CT molecular complexity index is 696. The van der Waals surface area contributed by atoms with Gasteiger partial charge in [-0.1, -0.05) is 6.07 Å². The van der Waals surface area contributed by atoms with Crippen LogP contribution in [-0.4, -0.2) is 45.9 Å². The lowest BCUT2D eigenvalue weighted by Gasteiger charge is -2.28. The normalized spacial score (nSPS) is 16.1. The Morgan fingerprint density at radius 1 is 1.33 bits per heavy atom. The highest BCUT2D eigenvalue weighted by atomic mass is 16.1. The first-order valence-electron chi connectivity index (χ1n) is 8.33. The summed E-state index contributed by atoms with van der Waals surface area (Å²) in [4.78, 5) is 27.9. The van der Waals surface area contributed by atoms with Gasteiger partial charge in [-0.2, -0.15) is 0 Å². The fourth-order valence-electron chi connectivity index (χ4n) is 2.93. The smallest absolute Gasteiger partial charge is 0.270 e. The molecule has 6 heteroatoms. The van der Waals surface area contributed by atoms with Crippen molar-refractivity contribution in [3.63, 3.8) is 0 Å². The van der Waals surface area contributed by atoms with Crippen molar-refractivity contribution in [1.82, 2.24) is 25.2 Å². The van der Waals surface area contributed by atoms with Crippen LogP contribution in [0.15, 0.2) is 30.6 Å². The molecule has 0 unspecified atom stereocenters. The van der Waals surface area contributed by atoms with Crippen molar-refractivity contribution in [3.05, 3.63) is 53.4 Å². The summed E-state index contributed by atoms with van der Waals surface area (Å²) in [5.74, 6) is 0.971. The fraction of sp³-hybridized carbons (Fsp3) is 0.444. The summed E-state index contributed by atoms with van der Waals surface area (Å²) >= 11 is 0. The van der Waals surface area contributed by atoms with E-state index in [1.807, 2.05) is 19.1 Å². The van der Waals surface area contributed by atoms with Gasteiger partial charge in [-0.05, 0) is 57.6 Å². The molecule has 3 heterocycles. The van der Waals surface area contributed by atoms with Gasteiger partial charge in [0.05, 0.1) is 0 Å². The van der Waals surface area contributed by atoms with Crippen LogP contribution in [0.3, 0.4) is 0 Å². The zero-order chi connectivity index (χ0) is 16.9. The molecule has 0 bridgehead atoms. The number of aromatic nitrogens is 3. The minimum absolute atomic E-state index is 0.168. The quantitative estimate of drug-likeness (QED) is 0.930. The Kier molecular flexibility index (Phi) is 5.15. The molecule has 0 spiro atoms. The molecule has 1 aliphatic heterocycles. The van der Waals surface area contributed by atoms with Gasteiger partial charge < -0.3 is 10.2 Å². The monoisotopic (exact) mass is 325 g/mol. The van der Waals surface area contributed by atoms with Gasteiger partial charge in [0.25, 0.3) is 5.91 Å². The van der Waals surface area contributed by atoms with E-state index in [2.05, 4.69) is 32.2 Å². The van der Waals surface area contributed by atoms with E-state index >= 15 is 0 Å². The van der Waals surface area contributed by atoms with Gasteiger partial charge in [-0.25, -0.2) is 9.97 Å². The van der Waals surface area contributed by atoms with Gasteiger partial charge in [0.1, 0.15) is 11.5 Å². The molecule has 6 nitrogen and oxygen atoms in total. The second kappa shape index (κ2) is 7.49. The van der Waals surface area contributed by atoms with Gasteiger partial charge >= 0.3 is 0 Å². The molecule has 0 atom stereocenters. The maximum Gasteiger partial charge on any atom is 0.270 e. The summed E-state index contributed by atoms with van der Waals surface area (Å²) in [6.45, 7) is 4.45. The van der Waals surface area contributed by atoms with Crippen molar-refractivity contribution in [3.8, 4) is 0 Å². The van der Waals surface area contributed by atoms with Crippen molar-refractivity contribution >= 4 is 5.91 Å². The Hall–Kier alpha value is -2.34. The molecule has 3 rings (SSSR count). The van der Waals surface area contributed by atoms with Crippen molar-refractivity contribution in [1.29, 1.82) is 0 Å². The predicted molar refractivity (Wildman–Crippen MR) is 91.6 cm³/mol. The van der Waals surface area contributed by atoms with Gasteiger partial charge in [0.2, 0.25) is 0 Å². The zero-order valence-electron chi connectivity index (χ0n) is 14.2. The van der Waals surface area contributed by atoms with Crippen LogP contribution in [0.5, 0.6) is 0 Å². The zero-order valence-corrected chi connectivity index (χ0v) is 14.2. The molecule has 0 aliphatic carbocycles. The molecule has 2 aromatic rings. The standard InChI is InChI=1S/C18H23N5O/c1-13-10-16(18(24)20-12-14-4-3-7-19-11-14)22-17(21-13)15-5-8-23(2)9-6-15/h3-4,7,10-11,15H,5-6,8-9,12H2,1-2H3,(H,20,24). The maximum atomic E-state index is 12.4. The molecular formula is C18H23N5O. The number of amides is 1. The van der Waals surface area contributed by atoms with E-state index in [9.17, 15) is 4.79 Å². The summed E-state index contributed by atoms with van der Waals surface area (Å²) in [5, 5.41) is 2.90. The number of carbonyl (C=O) groups excluding carboxylic acids is 1. The highest BCUT2D eigenvalue weighted by Gasteiger charge is 2.22. The summed E-state index contributed by atoms with van der Waals surface area (Å²) in [6, 6.07) is 5.54. The number of hydrogen-bond acceptors (Lipinski definition) is 5. The topological polar surface area (TPSA) is 71.0 Å². The maximum absolute atomic E-state index is 12.4. The SMILES string of the molecule is Cc1cc(C(=O)NCc2cccnc2)nc(C2CCN(C)CC2)n1. The van der Waals surface area contributed by atoms with E-state index in [-0.39, 0.29) is 5.91 Å². The first-order chi connectivity index (χ1) is 11.6. The fourth-order valence-corrected chi connectivity index (χ4v) is 2.93. The Balaban J connectivity index is 1.69. The van der Waals surface area contributed by atoms with Gasteiger partial charge in [0, 0.05) is 30.6 Å². The van der Waals surface area contributed by atoms with E-state index in [4.69, 9.17) is 0 Å². The van der Waals surface area contributed by atoms with Crippen LogP contribution < -0.4 is 5.32 Å². The summed E-state index contributed by atoms with van der Waals surface area (Å²) in [6.07, 6.45) is 5.54. The van der Waals surface area contributed by atoms with Crippen LogP contribution >= 0.6 is 0 Å². The molecule has 1 fully saturated rings. The average molecular weight is 325 g/mol. The third-order valence-electron chi connectivity index (χ3n) is 4.36. The van der Waals surface area contributed by atoms with Crippen LogP contribution in [0.4, 0.5) is 0 Å². The molecule has 24 heavy (non-hydrogen) atoms. The summed E-state index contributed by atoms with van der Waals surface area (Å²) in [7, 11) is 2.13. The Morgan fingerprint density at radius 2 is 2.12 bits per heavy atom. The van der Waals surface area contributed by atoms with E-state index in [0.717, 1.165) is 43.0 Å². The minimum Gasteiger partial charge on any atom is -0.347 e. The lowest BCUT2D eigenvalue weighted by Crippen LogP contribution is -2.30. The lowest BCUT2D eigenvalue weighted by molar-refractivity contribution is 0.0945. The Labute approximate surface area is 142 Å². The van der Waals surface area contributed by atoms with Crippen molar-refractivity contribution in [2.75, 3.05) is 20.1 Å². The number of rotatable bonds is 4. The molecule has 1 amide bonds. The van der Waals surface area contributed by atoms with Gasteiger partial charge in [-0.15, -0.1) is 0 Å². The molecule has 0 radical (unpaired) electrons. The molecule has 1 aliphatic rings. The number of nitrogens with one attached hydrogen (secondary N) is 1. The molecule has 0 saturated carbocycles. The van der Waals surface area contributed by atoms with Gasteiger partial charge in [-0.3, -0.25) is 9.78 Å². The van der Waals surface area contributed by atoms with E-state index in [0.29, 0.717) is 18.2 Å². The van der Waals surface area contributed by atoms with Crippen molar-refractivity contribution < 1.29 is 4.79 Å². The number of aryl methyl sites for hydroxylation is 1. The second-order valence-corrected chi connectivity index (χ2v) is 6.37. The van der Waals surface area contributed by atoms with Crippen LogP contribution in [0.1, 0.15) is 46.3 Å². The summed E-state index contributed by atoms with van der Waals surface area (Å²) in [5.41, 5.74) is 2.25. The molecular weight excluding hydrogens is 302 g/mol. The number of piperidine rings is 1. The second-order valence-electron chi connectivity index (χ2n) is 6.37. The number of pyridine rings is 1. The third kappa shape index (κ3) is 4.14. The minimum atomic E-state index is -0.168. The molecule has 1 saturated heterocycles. The van der Waals surface area contributed by atoms with Gasteiger partial charge in [0.15, 0.2) is 0 Å². The van der Waals surface area contributed by atoms with Crippen LogP contribution in [0, 0.1) is 6.92 Å². The average Bonchev–Trinajstić information content (AvgIpc) is 2.60. The van der Waals surface area contributed by atoms with E-state index in [1.54, 1.807) is 18.5 Å². The first kappa shape index (κ1) is 16.5. The first-order valence-corrected chi connectivity index (χ1v) is 8.33. The highest BCUT2D eigenvalue weighted by Crippen LogP contribution is 2.25. The lowest BCUT2D eigenvalue weighted by atomic mass is 9.96. The predicted octanol–water partition coefficient (Wildman–Crippen LogP) is 1.92. The number of likely N-dealkylation sites (tertiary alicyclic amines) is 1. The van der Waals surface area contributed by atoms with Crippen LogP contribution in [0.25, 0.3) is 0 Å². The number of hydrogen-bond donors (Lipinski definition) is 1. The molecule has 1 N–H and O–H groups in total. The van der Waals surface area contributed by atoms with E-state index in [1.165, 1.54) is 0 Å². The van der Waals surface area contributed by atoms with Crippen LogP contribution in [-0.2, 0) is 6.54 Å². The molecule has 0 aromatic carbocycles. The van der Waals surface area contributed by atoms with Crippen molar-refractivity contribution in [2.45, 2.75) is 32.2 Å². The third-order valence-corrected chi connectivity index (χ3v) is 4.36.